The van der Waals surface area contributed by atoms with Gasteiger partial charge >= 0.3 is 0 Å². The van der Waals surface area contributed by atoms with E-state index < -0.39 is 0 Å². The first-order valence-electron chi connectivity index (χ1n) is 7.95. The predicted molar refractivity (Wildman–Crippen MR) is 92.4 cm³/mol. The Morgan fingerprint density at radius 1 is 1.25 bits per heavy atom. The standard InChI is InChI=1S/C17H15N5OS/c1-21-7-6-12-13(8-21)24-17-14(12)16-19-15(20-22(16)9-18-17)10-2-4-11(23)5-3-10/h2-5,9,23H,6-8H2,1H3/p+1. The van der Waals surface area contributed by atoms with Gasteiger partial charge in [-0.1, -0.05) is 0 Å². The molecule has 2 N–H and O–H groups in total. The van der Waals surface area contributed by atoms with Crippen LogP contribution >= 0.6 is 11.3 Å². The van der Waals surface area contributed by atoms with Crippen molar-refractivity contribution in [1.82, 2.24) is 19.6 Å². The summed E-state index contributed by atoms with van der Waals surface area (Å²) in [6, 6.07) is 6.96. The van der Waals surface area contributed by atoms with Crippen molar-refractivity contribution < 1.29 is 10.0 Å². The molecule has 5 rings (SSSR count). The summed E-state index contributed by atoms with van der Waals surface area (Å²) in [5.41, 5.74) is 3.15. The third-order valence-corrected chi connectivity index (χ3v) is 5.74. The second kappa shape index (κ2) is 4.99. The van der Waals surface area contributed by atoms with Gasteiger partial charge in [-0.2, -0.15) is 0 Å². The molecular weight excluding hydrogens is 322 g/mol. The first-order valence-corrected chi connectivity index (χ1v) is 8.77. The number of likely N-dealkylation sites (N-methyl/N-ethyl adjacent to an activating group) is 1. The smallest absolute Gasteiger partial charge is 0.182 e. The van der Waals surface area contributed by atoms with Gasteiger partial charge in [0.25, 0.3) is 0 Å². The van der Waals surface area contributed by atoms with Gasteiger partial charge in [-0.3, -0.25) is 0 Å². The van der Waals surface area contributed by atoms with Gasteiger partial charge < -0.3 is 10.0 Å². The van der Waals surface area contributed by atoms with E-state index in [-0.39, 0.29) is 5.75 Å². The Morgan fingerprint density at radius 3 is 2.92 bits per heavy atom. The lowest BCUT2D eigenvalue weighted by Crippen LogP contribution is -3.08. The summed E-state index contributed by atoms with van der Waals surface area (Å²) in [5, 5.41) is 15.2. The molecule has 0 bridgehead atoms. The van der Waals surface area contributed by atoms with E-state index in [2.05, 4.69) is 17.1 Å². The molecule has 1 aliphatic heterocycles. The third-order valence-electron chi connectivity index (χ3n) is 4.60. The van der Waals surface area contributed by atoms with Crippen LogP contribution in [0.3, 0.4) is 0 Å². The Morgan fingerprint density at radius 2 is 2.08 bits per heavy atom. The first-order chi connectivity index (χ1) is 11.7. The van der Waals surface area contributed by atoms with Gasteiger partial charge in [0.05, 0.1) is 23.9 Å². The van der Waals surface area contributed by atoms with Crippen molar-refractivity contribution in [3.05, 3.63) is 41.0 Å². The Labute approximate surface area is 142 Å². The average molecular weight is 338 g/mol. The van der Waals surface area contributed by atoms with Crippen molar-refractivity contribution >= 4 is 27.2 Å². The molecule has 0 saturated carbocycles. The zero-order valence-electron chi connectivity index (χ0n) is 13.2. The fourth-order valence-electron chi connectivity index (χ4n) is 3.34. The van der Waals surface area contributed by atoms with E-state index >= 15 is 0 Å². The molecule has 1 aromatic carbocycles. The lowest BCUT2D eigenvalue weighted by atomic mass is 10.1. The summed E-state index contributed by atoms with van der Waals surface area (Å²) in [6.45, 7) is 2.19. The van der Waals surface area contributed by atoms with Crippen LogP contribution in [0.2, 0.25) is 0 Å². The molecule has 0 aliphatic carbocycles. The quantitative estimate of drug-likeness (QED) is 0.549. The zero-order valence-corrected chi connectivity index (χ0v) is 14.0. The lowest BCUT2D eigenvalue weighted by molar-refractivity contribution is -0.895. The van der Waals surface area contributed by atoms with Gasteiger partial charge in [0.15, 0.2) is 11.5 Å². The van der Waals surface area contributed by atoms with Gasteiger partial charge in [-0.25, -0.2) is 14.5 Å². The SMILES string of the molecule is C[NH+]1CCc2c(sc3ncn4nc(-c5ccc(O)cc5)nc4c23)C1. The summed E-state index contributed by atoms with van der Waals surface area (Å²) >= 11 is 1.78. The van der Waals surface area contributed by atoms with Gasteiger partial charge in [0.2, 0.25) is 0 Å². The van der Waals surface area contributed by atoms with E-state index in [4.69, 9.17) is 4.98 Å². The maximum Gasteiger partial charge on any atom is 0.182 e. The molecule has 24 heavy (non-hydrogen) atoms. The highest BCUT2D eigenvalue weighted by molar-refractivity contribution is 7.19. The topological polar surface area (TPSA) is 67.8 Å². The van der Waals surface area contributed by atoms with Crippen LogP contribution in [0.15, 0.2) is 30.6 Å². The largest absolute Gasteiger partial charge is 0.508 e. The number of hydrogen-bond donors (Lipinski definition) is 2. The van der Waals surface area contributed by atoms with Crippen LogP contribution in [0, 0.1) is 0 Å². The third kappa shape index (κ3) is 2.02. The van der Waals surface area contributed by atoms with Gasteiger partial charge in [0, 0.05) is 12.0 Å². The number of aromatic hydroxyl groups is 1. The van der Waals surface area contributed by atoms with Crippen LogP contribution in [-0.4, -0.2) is 38.3 Å². The molecule has 4 aromatic rings. The van der Waals surface area contributed by atoms with Crippen LogP contribution < -0.4 is 4.90 Å². The number of quaternary nitrogens is 1. The molecule has 0 fully saturated rings. The number of rotatable bonds is 1. The minimum Gasteiger partial charge on any atom is -0.508 e. The second-order valence-corrected chi connectivity index (χ2v) is 7.40. The molecule has 0 amide bonds. The number of benzene rings is 1. The Kier molecular flexibility index (Phi) is 2.89. The van der Waals surface area contributed by atoms with E-state index in [1.165, 1.54) is 15.3 Å². The Bertz CT molecular complexity index is 1070. The molecule has 7 heteroatoms. The maximum absolute atomic E-state index is 9.45. The number of thiophene rings is 1. The minimum atomic E-state index is 0.241. The van der Waals surface area contributed by atoms with E-state index in [1.54, 1.807) is 34.3 Å². The molecule has 120 valence electrons. The van der Waals surface area contributed by atoms with Crippen molar-refractivity contribution in [1.29, 1.82) is 0 Å². The molecule has 4 heterocycles. The van der Waals surface area contributed by atoms with Crippen LogP contribution in [-0.2, 0) is 13.0 Å². The maximum atomic E-state index is 9.45. The van der Waals surface area contributed by atoms with Gasteiger partial charge in [-0.05, 0) is 29.8 Å². The van der Waals surface area contributed by atoms with Crippen LogP contribution in [0.4, 0.5) is 0 Å². The van der Waals surface area contributed by atoms with E-state index in [9.17, 15) is 5.11 Å². The number of aromatic nitrogens is 4. The molecule has 0 spiro atoms. The van der Waals surface area contributed by atoms with Crippen molar-refractivity contribution in [2.75, 3.05) is 13.6 Å². The van der Waals surface area contributed by atoms with Gasteiger partial charge in [0.1, 0.15) is 23.5 Å². The van der Waals surface area contributed by atoms with E-state index in [0.717, 1.165) is 40.9 Å². The summed E-state index contributed by atoms with van der Waals surface area (Å²) in [7, 11) is 2.23. The normalized spacial score (nSPS) is 17.5. The summed E-state index contributed by atoms with van der Waals surface area (Å²) in [6.07, 6.45) is 2.80. The molecular formula is C17H16N5OS+. The minimum absolute atomic E-state index is 0.241. The van der Waals surface area contributed by atoms with Crippen LogP contribution in [0.25, 0.3) is 27.3 Å². The Hall–Kier alpha value is -2.51. The number of nitrogens with zero attached hydrogens (tertiary/aromatic N) is 4. The first kappa shape index (κ1) is 13.9. The van der Waals surface area contributed by atoms with Crippen molar-refractivity contribution in [2.45, 2.75) is 13.0 Å². The number of phenols is 1. The van der Waals surface area contributed by atoms with Crippen molar-refractivity contribution in [2.24, 2.45) is 0 Å². The average Bonchev–Trinajstić information content (AvgIpc) is 3.15. The van der Waals surface area contributed by atoms with Crippen molar-refractivity contribution in [3.8, 4) is 17.1 Å². The fourth-order valence-corrected chi connectivity index (χ4v) is 4.64. The predicted octanol–water partition coefficient (Wildman–Crippen LogP) is 1.28. The number of phenolic OH excluding ortho intramolecular Hbond substituents is 1. The second-order valence-electron chi connectivity index (χ2n) is 6.31. The highest BCUT2D eigenvalue weighted by atomic mass is 32.1. The highest BCUT2D eigenvalue weighted by Crippen LogP contribution is 2.34. The van der Waals surface area contributed by atoms with E-state index in [1.807, 2.05) is 12.1 Å². The zero-order chi connectivity index (χ0) is 16.3. The number of hydrogen-bond acceptors (Lipinski definition) is 5. The molecule has 0 radical (unpaired) electrons. The van der Waals surface area contributed by atoms with Gasteiger partial charge in [-0.15, -0.1) is 16.4 Å². The summed E-state index contributed by atoms with van der Waals surface area (Å²) < 4.78 is 1.77. The summed E-state index contributed by atoms with van der Waals surface area (Å²) in [4.78, 5) is 13.4. The number of fused-ring (bicyclic) bond motifs is 5. The molecule has 1 atom stereocenters. The number of nitrogens with one attached hydrogen (secondary N) is 1. The molecule has 3 aromatic heterocycles. The Balaban J connectivity index is 1.74. The van der Waals surface area contributed by atoms with E-state index in [0.29, 0.717) is 5.82 Å². The molecule has 1 aliphatic rings. The molecule has 0 saturated heterocycles. The molecule has 6 nitrogen and oxygen atoms in total. The lowest BCUT2D eigenvalue weighted by Gasteiger charge is -2.19. The van der Waals surface area contributed by atoms with Crippen molar-refractivity contribution in [3.63, 3.8) is 0 Å². The monoisotopic (exact) mass is 338 g/mol. The fraction of sp³-hybridized carbons (Fsp3) is 0.235. The summed E-state index contributed by atoms with van der Waals surface area (Å²) in [5.74, 6) is 0.896. The highest BCUT2D eigenvalue weighted by Gasteiger charge is 2.24. The van der Waals surface area contributed by atoms with Crippen LogP contribution in [0.1, 0.15) is 10.4 Å². The van der Waals surface area contributed by atoms with Crippen LogP contribution in [0.5, 0.6) is 5.75 Å². The molecule has 1 unspecified atom stereocenters.